The molecule has 0 aliphatic heterocycles. The van der Waals surface area contributed by atoms with Gasteiger partial charge in [-0.05, 0) is 31.0 Å². The van der Waals surface area contributed by atoms with E-state index in [0.29, 0.717) is 18.7 Å². The Morgan fingerprint density at radius 1 is 1.24 bits per heavy atom. The van der Waals surface area contributed by atoms with Crippen LogP contribution in [0.25, 0.3) is 11.3 Å². The third-order valence-corrected chi connectivity index (χ3v) is 3.64. The first-order valence-corrected chi connectivity index (χ1v) is 7.15. The quantitative estimate of drug-likeness (QED) is 0.918. The predicted molar refractivity (Wildman–Crippen MR) is 84.1 cm³/mol. The summed E-state index contributed by atoms with van der Waals surface area (Å²) in [4.78, 5) is 14.1. The van der Waals surface area contributed by atoms with Gasteiger partial charge in [-0.3, -0.25) is 4.79 Å². The van der Waals surface area contributed by atoms with Gasteiger partial charge in [0.2, 0.25) is 0 Å². The van der Waals surface area contributed by atoms with E-state index in [0.717, 1.165) is 11.3 Å². The van der Waals surface area contributed by atoms with Crippen molar-refractivity contribution in [3.05, 3.63) is 48.2 Å². The number of rotatable bonds is 5. The molecular formula is C17H22N2O2. The molecule has 112 valence electrons. The molecule has 0 bridgehead atoms. The molecule has 1 aromatic heterocycles. The van der Waals surface area contributed by atoms with Gasteiger partial charge in [0, 0.05) is 26.3 Å². The first-order chi connectivity index (χ1) is 10.0. The van der Waals surface area contributed by atoms with Crippen LogP contribution in [0.15, 0.2) is 42.5 Å². The number of aliphatic hydroxyl groups is 1. The fraction of sp³-hybridized carbons (Fsp3) is 0.353. The lowest BCUT2D eigenvalue weighted by Crippen LogP contribution is -2.30. The van der Waals surface area contributed by atoms with Gasteiger partial charge in [-0.1, -0.05) is 30.3 Å². The zero-order chi connectivity index (χ0) is 15.4. The van der Waals surface area contributed by atoms with Crippen molar-refractivity contribution in [2.24, 2.45) is 7.05 Å². The highest BCUT2D eigenvalue weighted by molar-refractivity contribution is 5.93. The molecule has 1 amide bonds. The summed E-state index contributed by atoms with van der Waals surface area (Å²) in [6.45, 7) is 2.27. The van der Waals surface area contributed by atoms with Crippen LogP contribution >= 0.6 is 0 Å². The lowest BCUT2D eigenvalue weighted by atomic mass is 10.2. The number of benzene rings is 1. The number of hydrogen-bond donors (Lipinski definition) is 1. The first-order valence-electron chi connectivity index (χ1n) is 7.15. The second-order valence-electron chi connectivity index (χ2n) is 5.39. The maximum atomic E-state index is 12.4. The van der Waals surface area contributed by atoms with Gasteiger partial charge in [0.25, 0.3) is 5.91 Å². The molecule has 0 radical (unpaired) electrons. The fourth-order valence-corrected chi connectivity index (χ4v) is 2.30. The van der Waals surface area contributed by atoms with Crippen molar-refractivity contribution in [1.82, 2.24) is 9.47 Å². The molecule has 4 nitrogen and oxygen atoms in total. The number of carbonyl (C=O) groups is 1. The first kappa shape index (κ1) is 15.3. The van der Waals surface area contributed by atoms with Crippen LogP contribution in [0.2, 0.25) is 0 Å². The van der Waals surface area contributed by atoms with Crippen molar-refractivity contribution >= 4 is 5.91 Å². The predicted octanol–water partition coefficient (Wildman–Crippen LogP) is 2.54. The molecule has 1 heterocycles. The van der Waals surface area contributed by atoms with E-state index in [-0.39, 0.29) is 5.91 Å². The summed E-state index contributed by atoms with van der Waals surface area (Å²) in [5.74, 6) is -0.0275. The number of nitrogens with zero attached hydrogens (tertiary/aromatic N) is 2. The molecule has 1 aromatic carbocycles. The lowest BCUT2D eigenvalue weighted by molar-refractivity contribution is 0.0760. The van der Waals surface area contributed by atoms with Gasteiger partial charge in [-0.15, -0.1) is 0 Å². The van der Waals surface area contributed by atoms with Gasteiger partial charge in [-0.25, -0.2) is 0 Å². The molecule has 0 spiro atoms. The largest absolute Gasteiger partial charge is 0.393 e. The number of amides is 1. The molecule has 21 heavy (non-hydrogen) atoms. The summed E-state index contributed by atoms with van der Waals surface area (Å²) in [6.07, 6.45) is 0.187. The Morgan fingerprint density at radius 2 is 1.90 bits per heavy atom. The molecule has 0 saturated carbocycles. The zero-order valence-electron chi connectivity index (χ0n) is 12.8. The molecular weight excluding hydrogens is 264 g/mol. The van der Waals surface area contributed by atoms with Gasteiger partial charge < -0.3 is 14.6 Å². The van der Waals surface area contributed by atoms with Crippen LogP contribution in [0.5, 0.6) is 0 Å². The topological polar surface area (TPSA) is 45.5 Å². The minimum absolute atomic E-state index is 0.0275. The van der Waals surface area contributed by atoms with Crippen LogP contribution in [0.3, 0.4) is 0 Å². The fourth-order valence-electron chi connectivity index (χ4n) is 2.30. The van der Waals surface area contributed by atoms with E-state index in [1.807, 2.05) is 54.1 Å². The van der Waals surface area contributed by atoms with Crippen molar-refractivity contribution in [1.29, 1.82) is 0 Å². The van der Waals surface area contributed by atoms with Gasteiger partial charge in [-0.2, -0.15) is 0 Å². The summed E-state index contributed by atoms with van der Waals surface area (Å²) in [7, 11) is 3.66. The third-order valence-electron chi connectivity index (χ3n) is 3.64. The molecule has 0 aliphatic carbocycles. The number of aromatic nitrogens is 1. The van der Waals surface area contributed by atoms with Crippen LogP contribution in [0, 0.1) is 0 Å². The Balaban J connectivity index is 2.18. The summed E-state index contributed by atoms with van der Waals surface area (Å²) < 4.78 is 1.91. The van der Waals surface area contributed by atoms with Gasteiger partial charge >= 0.3 is 0 Å². The zero-order valence-corrected chi connectivity index (χ0v) is 12.8. The normalized spacial score (nSPS) is 12.2. The van der Waals surface area contributed by atoms with E-state index in [1.54, 1.807) is 18.9 Å². The third kappa shape index (κ3) is 3.52. The van der Waals surface area contributed by atoms with E-state index in [2.05, 4.69) is 0 Å². The molecule has 1 unspecified atom stereocenters. The number of hydrogen-bond acceptors (Lipinski definition) is 2. The van der Waals surface area contributed by atoms with Crippen LogP contribution in [-0.4, -0.2) is 40.2 Å². The average molecular weight is 286 g/mol. The van der Waals surface area contributed by atoms with E-state index < -0.39 is 6.10 Å². The standard InChI is InChI=1S/C17H22N2O2/c1-13(20)11-12-18(2)17(21)16-10-9-15(19(16)3)14-7-5-4-6-8-14/h4-10,13,20H,11-12H2,1-3H3. The second-order valence-corrected chi connectivity index (χ2v) is 5.39. The Kier molecular flexibility index (Phi) is 4.81. The van der Waals surface area contributed by atoms with Gasteiger partial charge in [0.05, 0.1) is 6.10 Å². The maximum absolute atomic E-state index is 12.4. The van der Waals surface area contributed by atoms with E-state index in [4.69, 9.17) is 0 Å². The van der Waals surface area contributed by atoms with Crippen molar-refractivity contribution in [3.8, 4) is 11.3 Å². The summed E-state index contributed by atoms with van der Waals surface area (Å²) >= 11 is 0. The maximum Gasteiger partial charge on any atom is 0.270 e. The Labute approximate surface area is 125 Å². The van der Waals surface area contributed by atoms with Crippen molar-refractivity contribution in [2.45, 2.75) is 19.4 Å². The van der Waals surface area contributed by atoms with Crippen LogP contribution in [0.1, 0.15) is 23.8 Å². The van der Waals surface area contributed by atoms with E-state index >= 15 is 0 Å². The second kappa shape index (κ2) is 6.59. The van der Waals surface area contributed by atoms with Crippen molar-refractivity contribution in [3.63, 3.8) is 0 Å². The van der Waals surface area contributed by atoms with Crippen LogP contribution < -0.4 is 0 Å². The molecule has 0 aliphatic rings. The van der Waals surface area contributed by atoms with Gasteiger partial charge in [0.15, 0.2) is 0 Å². The van der Waals surface area contributed by atoms with Crippen molar-refractivity contribution < 1.29 is 9.90 Å². The molecule has 2 rings (SSSR count). The minimum Gasteiger partial charge on any atom is -0.393 e. The van der Waals surface area contributed by atoms with Crippen molar-refractivity contribution in [2.75, 3.05) is 13.6 Å². The minimum atomic E-state index is -0.395. The molecule has 1 N–H and O–H groups in total. The summed E-state index contributed by atoms with van der Waals surface area (Å²) in [5.41, 5.74) is 2.76. The summed E-state index contributed by atoms with van der Waals surface area (Å²) in [6, 6.07) is 13.8. The highest BCUT2D eigenvalue weighted by Gasteiger charge is 2.17. The monoisotopic (exact) mass is 286 g/mol. The summed E-state index contributed by atoms with van der Waals surface area (Å²) in [5, 5.41) is 9.32. The van der Waals surface area contributed by atoms with Gasteiger partial charge in [0.1, 0.15) is 5.69 Å². The SMILES string of the molecule is CC(O)CCN(C)C(=O)c1ccc(-c2ccccc2)n1C. The van der Waals surface area contributed by atoms with Crippen LogP contribution in [0.4, 0.5) is 0 Å². The van der Waals surface area contributed by atoms with Crippen LogP contribution in [-0.2, 0) is 7.05 Å². The molecule has 0 saturated heterocycles. The molecule has 0 fully saturated rings. The number of carbonyl (C=O) groups excluding carboxylic acids is 1. The smallest absolute Gasteiger partial charge is 0.270 e. The Bertz CT molecular complexity index is 603. The molecule has 2 aromatic rings. The van der Waals surface area contributed by atoms with E-state index in [9.17, 15) is 9.90 Å². The lowest BCUT2D eigenvalue weighted by Gasteiger charge is -2.18. The highest BCUT2D eigenvalue weighted by Crippen LogP contribution is 2.21. The Hall–Kier alpha value is -2.07. The number of aliphatic hydroxyl groups excluding tert-OH is 1. The van der Waals surface area contributed by atoms with E-state index in [1.165, 1.54) is 0 Å². The Morgan fingerprint density at radius 3 is 2.52 bits per heavy atom. The average Bonchev–Trinajstić information content (AvgIpc) is 2.86. The highest BCUT2D eigenvalue weighted by atomic mass is 16.3. The molecule has 1 atom stereocenters. The molecule has 4 heteroatoms.